The van der Waals surface area contributed by atoms with E-state index in [-0.39, 0.29) is 11.7 Å². The predicted octanol–water partition coefficient (Wildman–Crippen LogP) is 0.826. The van der Waals surface area contributed by atoms with E-state index in [0.717, 1.165) is 0 Å². The maximum atomic E-state index is 11.7. The number of aliphatic carboxylic acids is 1. The van der Waals surface area contributed by atoms with E-state index in [9.17, 15) is 9.59 Å². The molecule has 1 amide bonds. The van der Waals surface area contributed by atoms with Crippen molar-refractivity contribution in [1.29, 1.82) is 0 Å². The highest BCUT2D eigenvalue weighted by molar-refractivity contribution is 5.98. The lowest BCUT2D eigenvalue weighted by molar-refractivity contribution is -0.139. The van der Waals surface area contributed by atoms with Gasteiger partial charge in [0, 0.05) is 0 Å². The molecule has 0 saturated carbocycles. The Hall–Kier alpha value is -2.08. The van der Waals surface area contributed by atoms with Crippen LogP contribution in [-0.2, 0) is 9.59 Å². The minimum absolute atomic E-state index is 0.289. The Balaban J connectivity index is 2.82. The molecule has 0 saturated heterocycles. The fourth-order valence-electron chi connectivity index (χ4n) is 1.12. The van der Waals surface area contributed by atoms with Crippen LogP contribution in [0.1, 0.15) is 13.8 Å². The summed E-state index contributed by atoms with van der Waals surface area (Å²) in [5, 5.41) is 11.1. The molecule has 6 nitrogen and oxygen atoms in total. The Labute approximate surface area is 105 Å². The molecule has 0 spiro atoms. The summed E-state index contributed by atoms with van der Waals surface area (Å²) in [4.78, 5) is 22.1. The predicted molar refractivity (Wildman–Crippen MR) is 66.5 cm³/mol. The molecule has 0 radical (unpaired) electrons. The summed E-state index contributed by atoms with van der Waals surface area (Å²) in [6.07, 6.45) is 0. The van der Waals surface area contributed by atoms with Crippen LogP contribution in [0.2, 0.25) is 0 Å². The van der Waals surface area contributed by atoms with Crippen LogP contribution in [0.25, 0.3) is 0 Å². The number of hydrogen-bond donors (Lipinski definition) is 3. The van der Waals surface area contributed by atoms with Crippen molar-refractivity contribution in [1.82, 2.24) is 0 Å². The van der Waals surface area contributed by atoms with E-state index in [1.165, 1.54) is 0 Å². The van der Waals surface area contributed by atoms with Crippen molar-refractivity contribution in [3.05, 3.63) is 24.3 Å². The van der Waals surface area contributed by atoms with Crippen molar-refractivity contribution < 1.29 is 19.4 Å². The average Bonchev–Trinajstić information content (AvgIpc) is 2.26. The van der Waals surface area contributed by atoms with Gasteiger partial charge in [-0.25, -0.2) is 4.79 Å². The van der Waals surface area contributed by atoms with Gasteiger partial charge in [0.25, 0.3) is 0 Å². The van der Waals surface area contributed by atoms with Crippen molar-refractivity contribution in [2.45, 2.75) is 19.4 Å². The number of carboxylic acid groups (broad SMARTS) is 1. The van der Waals surface area contributed by atoms with Crippen molar-refractivity contribution in [3.63, 3.8) is 0 Å². The number of carbonyl (C=O) groups excluding carboxylic acids is 1. The molecule has 98 valence electrons. The SMILES string of the molecule is CC(C)(N)C(=O)Nc1ccccc1OCC(=O)O. The Kier molecular flexibility index (Phi) is 4.28. The summed E-state index contributed by atoms with van der Waals surface area (Å²) in [7, 11) is 0. The molecule has 1 aromatic carbocycles. The van der Waals surface area contributed by atoms with Crippen LogP contribution in [-0.4, -0.2) is 29.1 Å². The molecule has 1 aromatic rings. The Morgan fingerprint density at radius 1 is 1.39 bits per heavy atom. The van der Waals surface area contributed by atoms with Crippen LogP contribution in [0.4, 0.5) is 5.69 Å². The number of nitrogens with one attached hydrogen (secondary N) is 1. The Morgan fingerprint density at radius 3 is 2.56 bits per heavy atom. The lowest BCUT2D eigenvalue weighted by Gasteiger charge is -2.19. The van der Waals surface area contributed by atoms with Gasteiger partial charge >= 0.3 is 5.97 Å². The van der Waals surface area contributed by atoms with Gasteiger partial charge < -0.3 is 20.9 Å². The molecular formula is C12H16N2O4. The van der Waals surface area contributed by atoms with Crippen LogP contribution in [0.3, 0.4) is 0 Å². The van der Waals surface area contributed by atoms with Gasteiger partial charge in [-0.05, 0) is 26.0 Å². The summed E-state index contributed by atoms with van der Waals surface area (Å²) in [5.74, 6) is -1.18. The maximum absolute atomic E-state index is 11.7. The van der Waals surface area contributed by atoms with Crippen LogP contribution in [0.5, 0.6) is 5.75 Å². The van der Waals surface area contributed by atoms with Crippen LogP contribution in [0, 0.1) is 0 Å². The van der Waals surface area contributed by atoms with Gasteiger partial charge in [0.05, 0.1) is 11.2 Å². The van der Waals surface area contributed by atoms with Crippen LogP contribution < -0.4 is 15.8 Å². The first-order valence-corrected chi connectivity index (χ1v) is 5.34. The number of para-hydroxylation sites is 2. The minimum Gasteiger partial charge on any atom is -0.480 e. The molecule has 18 heavy (non-hydrogen) atoms. The second-order valence-electron chi connectivity index (χ2n) is 4.35. The first-order chi connectivity index (χ1) is 8.30. The lowest BCUT2D eigenvalue weighted by atomic mass is 10.1. The zero-order chi connectivity index (χ0) is 13.8. The summed E-state index contributed by atoms with van der Waals surface area (Å²) in [6, 6.07) is 6.57. The molecule has 0 aromatic heterocycles. The highest BCUT2D eigenvalue weighted by atomic mass is 16.5. The van der Waals surface area contributed by atoms with E-state index in [2.05, 4.69) is 5.32 Å². The summed E-state index contributed by atoms with van der Waals surface area (Å²) >= 11 is 0. The number of benzene rings is 1. The smallest absolute Gasteiger partial charge is 0.341 e. The monoisotopic (exact) mass is 252 g/mol. The van der Waals surface area contributed by atoms with Gasteiger partial charge in [0.15, 0.2) is 6.61 Å². The quantitative estimate of drug-likeness (QED) is 0.720. The number of carbonyl (C=O) groups is 2. The van der Waals surface area contributed by atoms with E-state index >= 15 is 0 Å². The Bertz CT molecular complexity index is 452. The summed E-state index contributed by atoms with van der Waals surface area (Å²) in [6.45, 7) is 2.67. The molecule has 0 bridgehead atoms. The second kappa shape index (κ2) is 5.50. The topological polar surface area (TPSA) is 102 Å². The first-order valence-electron chi connectivity index (χ1n) is 5.34. The molecule has 0 unspecified atom stereocenters. The first kappa shape index (κ1) is 14.0. The van der Waals surface area contributed by atoms with Gasteiger partial charge in [-0.3, -0.25) is 4.79 Å². The number of nitrogens with two attached hydrogens (primary N) is 1. The lowest BCUT2D eigenvalue weighted by Crippen LogP contribution is -2.45. The molecule has 6 heteroatoms. The van der Waals surface area contributed by atoms with Gasteiger partial charge in [-0.2, -0.15) is 0 Å². The maximum Gasteiger partial charge on any atom is 0.341 e. The van der Waals surface area contributed by atoms with Crippen LogP contribution in [0.15, 0.2) is 24.3 Å². The van der Waals surface area contributed by atoms with E-state index in [0.29, 0.717) is 5.69 Å². The highest BCUT2D eigenvalue weighted by Crippen LogP contribution is 2.24. The molecular weight excluding hydrogens is 236 g/mol. The molecule has 0 aliphatic heterocycles. The third kappa shape index (κ3) is 4.06. The van der Waals surface area contributed by atoms with Gasteiger partial charge in [0.2, 0.25) is 5.91 Å². The third-order valence-corrected chi connectivity index (χ3v) is 2.07. The third-order valence-electron chi connectivity index (χ3n) is 2.07. The highest BCUT2D eigenvalue weighted by Gasteiger charge is 2.22. The molecule has 0 aliphatic carbocycles. The summed E-state index contributed by atoms with van der Waals surface area (Å²) < 4.78 is 5.06. The fraction of sp³-hybridized carbons (Fsp3) is 0.333. The van der Waals surface area contributed by atoms with E-state index < -0.39 is 18.1 Å². The average molecular weight is 252 g/mol. The molecule has 0 atom stereocenters. The van der Waals surface area contributed by atoms with Crippen molar-refractivity contribution in [2.75, 3.05) is 11.9 Å². The van der Waals surface area contributed by atoms with Crippen LogP contribution >= 0.6 is 0 Å². The molecule has 4 N–H and O–H groups in total. The van der Waals surface area contributed by atoms with Crippen molar-refractivity contribution in [3.8, 4) is 5.75 Å². The normalized spacial score (nSPS) is 10.8. The minimum atomic E-state index is -1.09. The number of ether oxygens (including phenoxy) is 1. The number of hydrogen-bond acceptors (Lipinski definition) is 4. The number of anilines is 1. The van der Waals surface area contributed by atoms with Gasteiger partial charge in [-0.1, -0.05) is 12.1 Å². The van der Waals surface area contributed by atoms with Crippen molar-refractivity contribution >= 4 is 17.6 Å². The number of carboxylic acids is 1. The molecule has 0 heterocycles. The standard InChI is InChI=1S/C12H16N2O4/c1-12(2,13)11(17)14-8-5-3-4-6-9(8)18-7-10(15)16/h3-6H,7,13H2,1-2H3,(H,14,17)(H,15,16). The molecule has 1 rings (SSSR count). The number of amides is 1. The van der Waals surface area contributed by atoms with Gasteiger partial charge in [-0.15, -0.1) is 0 Å². The second-order valence-corrected chi connectivity index (χ2v) is 4.35. The van der Waals surface area contributed by atoms with E-state index in [1.54, 1.807) is 38.1 Å². The fourth-order valence-corrected chi connectivity index (χ4v) is 1.12. The molecule has 0 aliphatic rings. The zero-order valence-electron chi connectivity index (χ0n) is 10.3. The summed E-state index contributed by atoms with van der Waals surface area (Å²) in [5.41, 5.74) is 5.02. The van der Waals surface area contributed by atoms with Crippen molar-refractivity contribution in [2.24, 2.45) is 5.73 Å². The van der Waals surface area contributed by atoms with Gasteiger partial charge in [0.1, 0.15) is 5.75 Å². The Morgan fingerprint density at radius 2 is 2.00 bits per heavy atom. The molecule has 0 fully saturated rings. The number of rotatable bonds is 5. The largest absolute Gasteiger partial charge is 0.480 e. The zero-order valence-corrected chi connectivity index (χ0v) is 10.3. The van der Waals surface area contributed by atoms with E-state index in [1.807, 2.05) is 0 Å². The van der Waals surface area contributed by atoms with E-state index in [4.69, 9.17) is 15.6 Å².